The molecule has 0 unspecified atom stereocenters. The molecule has 1 aliphatic carbocycles. The van der Waals surface area contributed by atoms with Gasteiger partial charge in [0.15, 0.2) is 0 Å². The van der Waals surface area contributed by atoms with E-state index in [0.29, 0.717) is 0 Å². The first-order valence-corrected chi connectivity index (χ1v) is 5.92. The van der Waals surface area contributed by atoms with Crippen LogP contribution in [0.5, 0.6) is 5.75 Å². The first kappa shape index (κ1) is 11.4. The highest BCUT2D eigenvalue weighted by Crippen LogP contribution is 2.28. The first-order valence-electron chi connectivity index (χ1n) is 5.92. The zero-order chi connectivity index (χ0) is 11.5. The third-order valence-corrected chi connectivity index (χ3v) is 3.17. The Hall–Kier alpha value is -1.09. The second kappa shape index (κ2) is 4.83. The van der Waals surface area contributed by atoms with Gasteiger partial charge in [0, 0.05) is 23.9 Å². The normalized spacial score (nSPS) is 15.2. The monoisotopic (exact) mass is 220 g/mol. The molecule has 1 fully saturated rings. The lowest BCUT2D eigenvalue weighted by molar-refractivity contribution is 0.406. The van der Waals surface area contributed by atoms with Gasteiger partial charge in [0.05, 0.1) is 12.8 Å². The summed E-state index contributed by atoms with van der Waals surface area (Å²) < 4.78 is 5.39. The molecule has 1 aromatic rings. The summed E-state index contributed by atoms with van der Waals surface area (Å²) >= 11 is 0. The van der Waals surface area contributed by atoms with Crippen molar-refractivity contribution in [3.05, 3.63) is 23.0 Å². The second-order valence-corrected chi connectivity index (χ2v) is 4.62. The molecule has 0 radical (unpaired) electrons. The average Bonchev–Trinajstić information content (AvgIpc) is 3.06. The number of ether oxygens (including phenoxy) is 1. The van der Waals surface area contributed by atoms with Crippen molar-refractivity contribution >= 4 is 0 Å². The van der Waals surface area contributed by atoms with Crippen molar-refractivity contribution in [1.29, 1.82) is 0 Å². The molecule has 88 valence electrons. The molecule has 1 heterocycles. The largest absolute Gasteiger partial charge is 0.496 e. The minimum atomic E-state index is 0.846. The fourth-order valence-electron chi connectivity index (χ4n) is 1.97. The topological polar surface area (TPSA) is 34.1 Å². The number of nitrogens with zero attached hydrogens (tertiary/aromatic N) is 1. The third-order valence-electron chi connectivity index (χ3n) is 3.17. The summed E-state index contributed by atoms with van der Waals surface area (Å²) in [5, 5.41) is 3.46. The predicted octanol–water partition coefficient (Wildman–Crippen LogP) is 2.21. The fourth-order valence-corrected chi connectivity index (χ4v) is 1.97. The van der Waals surface area contributed by atoms with E-state index in [2.05, 4.69) is 17.2 Å². The van der Waals surface area contributed by atoms with E-state index in [-0.39, 0.29) is 0 Å². The Balaban J connectivity index is 2.01. The maximum Gasteiger partial charge on any atom is 0.128 e. The lowest BCUT2D eigenvalue weighted by Gasteiger charge is -2.12. The SMILES string of the molecule is COc1c(C)cnc(CNCC2CC2)c1C. The van der Waals surface area contributed by atoms with Gasteiger partial charge in [-0.25, -0.2) is 0 Å². The zero-order valence-electron chi connectivity index (χ0n) is 10.3. The van der Waals surface area contributed by atoms with Crippen molar-refractivity contribution in [3.8, 4) is 5.75 Å². The van der Waals surface area contributed by atoms with Gasteiger partial charge in [0.1, 0.15) is 5.75 Å². The van der Waals surface area contributed by atoms with Crippen LogP contribution in [0.1, 0.15) is 29.7 Å². The molecule has 3 nitrogen and oxygen atoms in total. The number of hydrogen-bond acceptors (Lipinski definition) is 3. The Labute approximate surface area is 97.2 Å². The van der Waals surface area contributed by atoms with Gasteiger partial charge < -0.3 is 10.1 Å². The number of pyridine rings is 1. The molecule has 0 saturated heterocycles. The molecule has 0 bridgehead atoms. The van der Waals surface area contributed by atoms with E-state index in [4.69, 9.17) is 4.74 Å². The molecule has 0 spiro atoms. The average molecular weight is 220 g/mol. The fraction of sp³-hybridized carbons (Fsp3) is 0.615. The number of aryl methyl sites for hydroxylation is 1. The number of nitrogens with one attached hydrogen (secondary N) is 1. The summed E-state index contributed by atoms with van der Waals surface area (Å²) in [6, 6.07) is 0. The van der Waals surface area contributed by atoms with Gasteiger partial charge in [-0.2, -0.15) is 0 Å². The van der Waals surface area contributed by atoms with E-state index in [0.717, 1.165) is 41.6 Å². The molecule has 0 amide bonds. The highest BCUT2D eigenvalue weighted by Gasteiger charge is 2.20. The predicted molar refractivity (Wildman–Crippen MR) is 64.7 cm³/mol. The van der Waals surface area contributed by atoms with Crippen LogP contribution in [0.25, 0.3) is 0 Å². The molecule has 1 saturated carbocycles. The molecule has 16 heavy (non-hydrogen) atoms. The minimum Gasteiger partial charge on any atom is -0.496 e. The molecule has 1 aliphatic rings. The molecule has 0 atom stereocenters. The number of aromatic nitrogens is 1. The van der Waals surface area contributed by atoms with Crippen molar-refractivity contribution in [3.63, 3.8) is 0 Å². The van der Waals surface area contributed by atoms with Crippen LogP contribution in [0.2, 0.25) is 0 Å². The molecular weight excluding hydrogens is 200 g/mol. The van der Waals surface area contributed by atoms with Crippen LogP contribution in [-0.4, -0.2) is 18.6 Å². The van der Waals surface area contributed by atoms with E-state index in [1.807, 2.05) is 13.1 Å². The van der Waals surface area contributed by atoms with Crippen molar-refractivity contribution in [1.82, 2.24) is 10.3 Å². The summed E-state index contributed by atoms with van der Waals surface area (Å²) in [7, 11) is 1.72. The van der Waals surface area contributed by atoms with E-state index in [1.54, 1.807) is 7.11 Å². The molecular formula is C13H20N2O. The van der Waals surface area contributed by atoms with Crippen molar-refractivity contribution in [2.75, 3.05) is 13.7 Å². The Kier molecular flexibility index (Phi) is 3.44. The summed E-state index contributed by atoms with van der Waals surface area (Å²) in [4.78, 5) is 4.46. The maximum absolute atomic E-state index is 5.39. The molecule has 2 rings (SSSR count). The highest BCUT2D eigenvalue weighted by molar-refractivity contribution is 5.40. The van der Waals surface area contributed by atoms with Crippen molar-refractivity contribution in [2.24, 2.45) is 5.92 Å². The smallest absolute Gasteiger partial charge is 0.128 e. The summed E-state index contributed by atoms with van der Waals surface area (Å²) in [6.45, 7) is 6.07. The van der Waals surface area contributed by atoms with Crippen LogP contribution in [-0.2, 0) is 6.54 Å². The number of hydrogen-bond donors (Lipinski definition) is 1. The summed E-state index contributed by atoms with van der Waals surface area (Å²) in [5.74, 6) is 1.88. The Morgan fingerprint density at radius 2 is 2.19 bits per heavy atom. The van der Waals surface area contributed by atoms with Crippen molar-refractivity contribution in [2.45, 2.75) is 33.2 Å². The Morgan fingerprint density at radius 3 is 2.81 bits per heavy atom. The summed E-state index contributed by atoms with van der Waals surface area (Å²) in [5.41, 5.74) is 3.36. The lowest BCUT2D eigenvalue weighted by Crippen LogP contribution is -2.18. The Morgan fingerprint density at radius 1 is 1.44 bits per heavy atom. The molecule has 1 aromatic heterocycles. The molecule has 1 N–H and O–H groups in total. The second-order valence-electron chi connectivity index (χ2n) is 4.62. The van der Waals surface area contributed by atoms with E-state index in [9.17, 15) is 0 Å². The van der Waals surface area contributed by atoms with E-state index in [1.165, 1.54) is 12.8 Å². The summed E-state index contributed by atoms with van der Waals surface area (Å²) in [6.07, 6.45) is 4.66. The maximum atomic E-state index is 5.39. The Bertz CT molecular complexity index is 372. The van der Waals surface area contributed by atoms with Crippen LogP contribution in [0, 0.1) is 19.8 Å². The van der Waals surface area contributed by atoms with E-state index >= 15 is 0 Å². The first-order chi connectivity index (χ1) is 7.72. The zero-order valence-corrected chi connectivity index (χ0v) is 10.3. The van der Waals surface area contributed by atoms with Gasteiger partial charge in [-0.3, -0.25) is 4.98 Å². The van der Waals surface area contributed by atoms with Gasteiger partial charge in [-0.1, -0.05) is 0 Å². The van der Waals surface area contributed by atoms with Crippen LogP contribution in [0.3, 0.4) is 0 Å². The van der Waals surface area contributed by atoms with Crippen LogP contribution < -0.4 is 10.1 Å². The van der Waals surface area contributed by atoms with Gasteiger partial charge in [-0.05, 0) is 39.2 Å². The quantitative estimate of drug-likeness (QED) is 0.826. The minimum absolute atomic E-state index is 0.846. The van der Waals surface area contributed by atoms with E-state index < -0.39 is 0 Å². The van der Waals surface area contributed by atoms with Gasteiger partial charge in [0.25, 0.3) is 0 Å². The molecule has 0 aromatic carbocycles. The molecule has 3 heteroatoms. The number of rotatable bonds is 5. The third kappa shape index (κ3) is 2.53. The van der Waals surface area contributed by atoms with Crippen LogP contribution in [0.4, 0.5) is 0 Å². The van der Waals surface area contributed by atoms with Gasteiger partial charge in [-0.15, -0.1) is 0 Å². The van der Waals surface area contributed by atoms with Gasteiger partial charge >= 0.3 is 0 Å². The standard InChI is InChI=1S/C13H20N2O/c1-9-6-15-12(10(2)13(9)16-3)8-14-7-11-4-5-11/h6,11,14H,4-5,7-8H2,1-3H3. The van der Waals surface area contributed by atoms with Gasteiger partial charge in [0.2, 0.25) is 0 Å². The molecule has 0 aliphatic heterocycles. The highest BCUT2D eigenvalue weighted by atomic mass is 16.5. The van der Waals surface area contributed by atoms with Crippen molar-refractivity contribution < 1.29 is 4.74 Å². The lowest BCUT2D eigenvalue weighted by atomic mass is 10.1. The number of methoxy groups -OCH3 is 1. The van der Waals surface area contributed by atoms with Crippen LogP contribution in [0.15, 0.2) is 6.20 Å². The van der Waals surface area contributed by atoms with Crippen LogP contribution >= 0.6 is 0 Å².